The first-order chi connectivity index (χ1) is 13.6. The Morgan fingerprint density at radius 1 is 1.29 bits per heavy atom. The van der Waals surface area contributed by atoms with E-state index in [1.165, 1.54) is 17.3 Å². The van der Waals surface area contributed by atoms with Gasteiger partial charge >= 0.3 is 0 Å². The number of hydrogen-bond donors (Lipinski definition) is 2. The summed E-state index contributed by atoms with van der Waals surface area (Å²) in [5.74, 6) is -0.312. The molecule has 2 aromatic carbocycles. The number of thioether (sulfide) groups is 1. The van der Waals surface area contributed by atoms with Crippen molar-refractivity contribution in [1.29, 1.82) is 0 Å². The Bertz CT molecular complexity index is 931. The molecule has 0 spiro atoms. The van der Waals surface area contributed by atoms with E-state index in [-0.39, 0.29) is 17.9 Å². The van der Waals surface area contributed by atoms with Gasteiger partial charge in [-0.2, -0.15) is 0 Å². The molecule has 1 atom stereocenters. The van der Waals surface area contributed by atoms with Gasteiger partial charge in [-0.15, -0.1) is 0 Å². The highest BCUT2D eigenvalue weighted by atomic mass is 32.2. The van der Waals surface area contributed by atoms with E-state index in [0.29, 0.717) is 22.7 Å². The van der Waals surface area contributed by atoms with Gasteiger partial charge in [0, 0.05) is 23.6 Å². The number of rotatable bonds is 4. The Morgan fingerprint density at radius 2 is 2.11 bits per heavy atom. The lowest BCUT2D eigenvalue weighted by Gasteiger charge is -2.19. The van der Waals surface area contributed by atoms with Crippen LogP contribution in [0.1, 0.15) is 34.3 Å². The summed E-state index contributed by atoms with van der Waals surface area (Å²) >= 11 is 1.42. The number of fused-ring (bicyclic) bond motifs is 1. The molecule has 0 aliphatic carbocycles. The fourth-order valence-corrected chi connectivity index (χ4v) is 4.16. The Balaban J connectivity index is 1.47. The zero-order valence-corrected chi connectivity index (χ0v) is 16.5. The Labute approximate surface area is 168 Å². The standard InChI is InChI=1S/C22H22N2O3S/c1-14-4-6-15(7-5-14)11-20-22(26)24-18-12-16(8-9-19(18)28-20)21(25)23-13-17-3-2-10-27-17/h4-9,11-12,17H,2-3,10,13H2,1H3,(H,23,25)(H,24,26)/b20-11+/t17-/m1/s1. The molecule has 2 aromatic rings. The van der Waals surface area contributed by atoms with Crippen LogP contribution in [0.4, 0.5) is 5.69 Å². The minimum absolute atomic E-state index is 0.103. The predicted molar refractivity (Wildman–Crippen MR) is 111 cm³/mol. The number of aryl methyl sites for hydroxylation is 1. The maximum atomic E-state index is 12.5. The summed E-state index contributed by atoms with van der Waals surface area (Å²) in [5.41, 5.74) is 3.36. The van der Waals surface area contributed by atoms with Gasteiger partial charge in [-0.3, -0.25) is 9.59 Å². The number of amides is 2. The maximum absolute atomic E-state index is 12.5. The third kappa shape index (κ3) is 4.29. The highest BCUT2D eigenvalue weighted by Crippen LogP contribution is 2.39. The van der Waals surface area contributed by atoms with Gasteiger partial charge in [0.05, 0.1) is 16.7 Å². The van der Waals surface area contributed by atoms with Crippen LogP contribution in [0.2, 0.25) is 0 Å². The SMILES string of the molecule is Cc1ccc(/C=C2/Sc3ccc(C(=O)NC[C@H]4CCCO4)cc3NC2=O)cc1. The van der Waals surface area contributed by atoms with Crippen molar-refractivity contribution >= 4 is 35.3 Å². The van der Waals surface area contributed by atoms with E-state index in [4.69, 9.17) is 4.74 Å². The van der Waals surface area contributed by atoms with Crippen molar-refractivity contribution in [2.75, 3.05) is 18.5 Å². The number of hydrogen-bond acceptors (Lipinski definition) is 4. The van der Waals surface area contributed by atoms with Crippen LogP contribution in [0.5, 0.6) is 0 Å². The first kappa shape index (κ1) is 18.8. The zero-order chi connectivity index (χ0) is 19.5. The smallest absolute Gasteiger partial charge is 0.262 e. The minimum Gasteiger partial charge on any atom is -0.376 e. The molecule has 144 valence electrons. The molecule has 0 unspecified atom stereocenters. The van der Waals surface area contributed by atoms with Gasteiger partial charge in [0.25, 0.3) is 11.8 Å². The Morgan fingerprint density at radius 3 is 2.86 bits per heavy atom. The molecule has 0 aromatic heterocycles. The van der Waals surface area contributed by atoms with Crippen molar-refractivity contribution in [2.24, 2.45) is 0 Å². The molecule has 6 heteroatoms. The molecule has 2 aliphatic rings. The van der Waals surface area contributed by atoms with E-state index in [2.05, 4.69) is 10.6 Å². The predicted octanol–water partition coefficient (Wildman–Crippen LogP) is 3.99. The van der Waals surface area contributed by atoms with Crippen LogP contribution in [0.15, 0.2) is 52.3 Å². The number of carbonyl (C=O) groups is 2. The van der Waals surface area contributed by atoms with Crippen LogP contribution in [0.25, 0.3) is 6.08 Å². The lowest BCUT2D eigenvalue weighted by Crippen LogP contribution is -2.31. The average Bonchev–Trinajstić information content (AvgIpc) is 3.21. The number of anilines is 1. The number of carbonyl (C=O) groups excluding carboxylic acids is 2. The lowest BCUT2D eigenvalue weighted by atomic mass is 10.1. The van der Waals surface area contributed by atoms with Gasteiger partial charge in [-0.05, 0) is 49.6 Å². The van der Waals surface area contributed by atoms with Crippen molar-refractivity contribution in [2.45, 2.75) is 30.8 Å². The van der Waals surface area contributed by atoms with E-state index >= 15 is 0 Å². The van der Waals surface area contributed by atoms with Gasteiger partial charge in [0.2, 0.25) is 0 Å². The largest absolute Gasteiger partial charge is 0.376 e. The molecule has 2 N–H and O–H groups in total. The van der Waals surface area contributed by atoms with Crippen molar-refractivity contribution < 1.29 is 14.3 Å². The quantitative estimate of drug-likeness (QED) is 0.770. The molecule has 0 radical (unpaired) electrons. The van der Waals surface area contributed by atoms with Crippen LogP contribution >= 0.6 is 11.8 Å². The van der Waals surface area contributed by atoms with E-state index in [0.717, 1.165) is 29.9 Å². The van der Waals surface area contributed by atoms with Crippen molar-refractivity contribution in [3.8, 4) is 0 Å². The number of ether oxygens (including phenoxy) is 1. The van der Waals surface area contributed by atoms with Gasteiger partial charge in [0.15, 0.2) is 0 Å². The molecular formula is C22H22N2O3S. The summed E-state index contributed by atoms with van der Waals surface area (Å²) in [5, 5.41) is 5.81. The molecular weight excluding hydrogens is 372 g/mol. The normalized spacial score (nSPS) is 20.0. The van der Waals surface area contributed by atoms with E-state index in [1.807, 2.05) is 43.3 Å². The lowest BCUT2D eigenvalue weighted by molar-refractivity contribution is -0.112. The van der Waals surface area contributed by atoms with E-state index < -0.39 is 0 Å². The monoisotopic (exact) mass is 394 g/mol. The van der Waals surface area contributed by atoms with Crippen LogP contribution in [-0.2, 0) is 9.53 Å². The topological polar surface area (TPSA) is 67.4 Å². The minimum atomic E-state index is -0.157. The molecule has 2 aliphatic heterocycles. The summed E-state index contributed by atoms with van der Waals surface area (Å²) in [7, 11) is 0. The summed E-state index contributed by atoms with van der Waals surface area (Å²) in [6.07, 6.45) is 4.00. The second kappa shape index (κ2) is 8.20. The van der Waals surface area contributed by atoms with Crippen molar-refractivity contribution in [3.63, 3.8) is 0 Å². The third-order valence-electron chi connectivity index (χ3n) is 4.82. The molecule has 28 heavy (non-hydrogen) atoms. The first-order valence-corrected chi connectivity index (χ1v) is 10.2. The van der Waals surface area contributed by atoms with Gasteiger partial charge in [-0.25, -0.2) is 0 Å². The third-order valence-corrected chi connectivity index (χ3v) is 5.92. The Hall–Kier alpha value is -2.57. The first-order valence-electron chi connectivity index (χ1n) is 9.40. The molecule has 1 fully saturated rings. The summed E-state index contributed by atoms with van der Waals surface area (Å²) in [6.45, 7) is 3.31. The van der Waals surface area contributed by atoms with Crippen molar-refractivity contribution in [3.05, 3.63) is 64.1 Å². The molecule has 5 nitrogen and oxygen atoms in total. The fourth-order valence-electron chi connectivity index (χ4n) is 3.23. The maximum Gasteiger partial charge on any atom is 0.262 e. The summed E-state index contributed by atoms with van der Waals surface area (Å²) in [6, 6.07) is 13.4. The fraction of sp³-hybridized carbons (Fsp3) is 0.273. The van der Waals surface area contributed by atoms with E-state index in [9.17, 15) is 9.59 Å². The summed E-state index contributed by atoms with van der Waals surface area (Å²) in [4.78, 5) is 26.5. The molecule has 1 saturated heterocycles. The van der Waals surface area contributed by atoms with Crippen LogP contribution in [-0.4, -0.2) is 31.1 Å². The number of nitrogens with one attached hydrogen (secondary N) is 2. The van der Waals surface area contributed by atoms with Gasteiger partial charge in [0.1, 0.15) is 0 Å². The molecule has 2 heterocycles. The number of benzene rings is 2. The van der Waals surface area contributed by atoms with Gasteiger partial charge < -0.3 is 15.4 Å². The molecule has 0 saturated carbocycles. The van der Waals surface area contributed by atoms with Gasteiger partial charge in [-0.1, -0.05) is 41.6 Å². The second-order valence-corrected chi connectivity index (χ2v) is 8.12. The van der Waals surface area contributed by atoms with Crippen molar-refractivity contribution in [1.82, 2.24) is 5.32 Å². The summed E-state index contributed by atoms with van der Waals surface area (Å²) < 4.78 is 5.53. The highest BCUT2D eigenvalue weighted by molar-refractivity contribution is 8.04. The average molecular weight is 394 g/mol. The van der Waals surface area contributed by atoms with Crippen LogP contribution < -0.4 is 10.6 Å². The Kier molecular flexibility index (Phi) is 5.50. The van der Waals surface area contributed by atoms with E-state index in [1.54, 1.807) is 12.1 Å². The molecule has 0 bridgehead atoms. The molecule has 2 amide bonds. The molecule has 4 rings (SSSR count). The highest BCUT2D eigenvalue weighted by Gasteiger charge is 2.23. The second-order valence-electron chi connectivity index (χ2n) is 7.03. The van der Waals surface area contributed by atoms with Crippen LogP contribution in [0.3, 0.4) is 0 Å². The zero-order valence-electron chi connectivity index (χ0n) is 15.7. The van der Waals surface area contributed by atoms with Crippen LogP contribution in [0, 0.1) is 6.92 Å².